The van der Waals surface area contributed by atoms with Crippen molar-refractivity contribution in [1.29, 1.82) is 0 Å². The molecule has 2 rings (SSSR count). The summed E-state index contributed by atoms with van der Waals surface area (Å²) in [6.45, 7) is 6.02. The number of halogens is 2. The maximum absolute atomic E-state index is 13.0. The lowest BCUT2D eigenvalue weighted by Gasteiger charge is -2.22. The van der Waals surface area contributed by atoms with Crippen LogP contribution in [0.3, 0.4) is 0 Å². The van der Waals surface area contributed by atoms with Gasteiger partial charge in [0, 0.05) is 0 Å². The third-order valence-electron chi connectivity index (χ3n) is 3.26. The molecule has 2 nitrogen and oxygen atoms in total. The normalized spacial score (nSPS) is 12.5. The Morgan fingerprint density at radius 1 is 1.29 bits per heavy atom. The molecule has 1 aromatic heterocycles. The predicted octanol–water partition coefficient (Wildman–Crippen LogP) is 5.09. The fourth-order valence-corrected chi connectivity index (χ4v) is 3.53. The molecular formula is C16H17BrFNOS. The molecular weight excluding hydrogens is 353 g/mol. The van der Waals surface area contributed by atoms with E-state index >= 15 is 0 Å². The van der Waals surface area contributed by atoms with E-state index in [1.54, 1.807) is 12.1 Å². The number of amides is 1. The van der Waals surface area contributed by atoms with Gasteiger partial charge < -0.3 is 5.32 Å². The number of hydrogen-bond acceptors (Lipinski definition) is 2. The van der Waals surface area contributed by atoms with E-state index in [1.165, 1.54) is 23.5 Å². The highest BCUT2D eigenvalue weighted by Gasteiger charge is 2.20. The van der Waals surface area contributed by atoms with Crippen molar-refractivity contribution >= 4 is 33.2 Å². The van der Waals surface area contributed by atoms with Gasteiger partial charge in [-0.3, -0.25) is 4.79 Å². The SMILES string of the molecule is Cc1cc(C(=O)NC(c2ccc(F)cc2)C(C)C)sc1Br. The first kappa shape index (κ1) is 16.2. The average Bonchev–Trinajstić information content (AvgIpc) is 2.77. The molecule has 0 spiro atoms. The molecule has 21 heavy (non-hydrogen) atoms. The third-order valence-corrected chi connectivity index (χ3v) is 5.40. The molecule has 1 atom stereocenters. The zero-order valence-electron chi connectivity index (χ0n) is 12.1. The number of thiophene rings is 1. The van der Waals surface area contributed by atoms with Crippen LogP contribution < -0.4 is 5.32 Å². The van der Waals surface area contributed by atoms with Crippen LogP contribution in [0.15, 0.2) is 34.1 Å². The van der Waals surface area contributed by atoms with E-state index in [0.717, 1.165) is 14.9 Å². The Bertz CT molecular complexity index is 617. The zero-order valence-corrected chi connectivity index (χ0v) is 14.5. The fourth-order valence-electron chi connectivity index (χ4n) is 2.09. The molecule has 1 N–H and O–H groups in total. The van der Waals surface area contributed by atoms with Crippen molar-refractivity contribution in [2.24, 2.45) is 5.92 Å². The lowest BCUT2D eigenvalue weighted by Crippen LogP contribution is -2.31. The molecule has 1 amide bonds. The summed E-state index contributed by atoms with van der Waals surface area (Å²) in [5.74, 6) is -0.161. The maximum atomic E-state index is 13.0. The molecule has 5 heteroatoms. The van der Waals surface area contributed by atoms with Crippen molar-refractivity contribution in [3.8, 4) is 0 Å². The molecule has 0 saturated heterocycles. The first-order chi connectivity index (χ1) is 9.88. The van der Waals surface area contributed by atoms with Crippen LogP contribution in [0.2, 0.25) is 0 Å². The van der Waals surface area contributed by atoms with Crippen LogP contribution in [0, 0.1) is 18.7 Å². The first-order valence-electron chi connectivity index (χ1n) is 6.70. The second-order valence-electron chi connectivity index (χ2n) is 5.31. The lowest BCUT2D eigenvalue weighted by molar-refractivity contribution is 0.0929. The minimum atomic E-state index is -0.273. The highest BCUT2D eigenvalue weighted by molar-refractivity contribution is 9.11. The molecule has 0 aliphatic heterocycles. The van der Waals surface area contributed by atoms with E-state index in [0.29, 0.717) is 4.88 Å². The van der Waals surface area contributed by atoms with Gasteiger partial charge in [-0.15, -0.1) is 11.3 Å². The van der Waals surface area contributed by atoms with E-state index in [4.69, 9.17) is 0 Å². The van der Waals surface area contributed by atoms with Gasteiger partial charge in [-0.25, -0.2) is 4.39 Å². The highest BCUT2D eigenvalue weighted by Crippen LogP contribution is 2.29. The fraction of sp³-hybridized carbons (Fsp3) is 0.312. The van der Waals surface area contributed by atoms with Gasteiger partial charge in [-0.1, -0.05) is 26.0 Å². The van der Waals surface area contributed by atoms with Crippen molar-refractivity contribution in [2.75, 3.05) is 0 Å². The Labute approximate surface area is 136 Å². The second-order valence-corrected chi connectivity index (χ2v) is 7.68. The van der Waals surface area contributed by atoms with Gasteiger partial charge in [0.15, 0.2) is 0 Å². The zero-order chi connectivity index (χ0) is 15.6. The number of carbonyl (C=O) groups is 1. The molecule has 0 radical (unpaired) electrons. The molecule has 2 aromatic rings. The van der Waals surface area contributed by atoms with Crippen LogP contribution in [0.4, 0.5) is 4.39 Å². The van der Waals surface area contributed by atoms with E-state index in [2.05, 4.69) is 21.2 Å². The van der Waals surface area contributed by atoms with Crippen LogP contribution in [0.1, 0.15) is 40.7 Å². The van der Waals surface area contributed by atoms with Crippen LogP contribution in [-0.2, 0) is 0 Å². The molecule has 112 valence electrons. The quantitative estimate of drug-likeness (QED) is 0.799. The molecule has 0 aliphatic carbocycles. The minimum Gasteiger partial charge on any atom is -0.344 e. The average molecular weight is 370 g/mol. The number of carbonyl (C=O) groups excluding carboxylic acids is 1. The highest BCUT2D eigenvalue weighted by atomic mass is 79.9. The van der Waals surface area contributed by atoms with E-state index in [9.17, 15) is 9.18 Å². The Kier molecular flexibility index (Phi) is 5.17. The van der Waals surface area contributed by atoms with Gasteiger partial charge in [0.2, 0.25) is 0 Å². The summed E-state index contributed by atoms with van der Waals surface area (Å²) in [7, 11) is 0. The van der Waals surface area contributed by atoms with E-state index in [1.807, 2.05) is 26.8 Å². The Balaban J connectivity index is 2.20. The van der Waals surface area contributed by atoms with Crippen LogP contribution in [-0.4, -0.2) is 5.91 Å². The van der Waals surface area contributed by atoms with Gasteiger partial charge in [0.25, 0.3) is 5.91 Å². The van der Waals surface area contributed by atoms with Crippen molar-refractivity contribution in [2.45, 2.75) is 26.8 Å². The Hall–Kier alpha value is -1.20. The summed E-state index contributed by atoms with van der Waals surface area (Å²) in [4.78, 5) is 13.0. The Morgan fingerprint density at radius 2 is 1.90 bits per heavy atom. The number of benzene rings is 1. The summed E-state index contributed by atoms with van der Waals surface area (Å²) in [5.41, 5.74) is 1.96. The second kappa shape index (κ2) is 6.71. The van der Waals surface area contributed by atoms with Gasteiger partial charge in [-0.05, 0) is 58.1 Å². The molecule has 0 saturated carbocycles. The number of rotatable bonds is 4. The van der Waals surface area contributed by atoms with Crippen LogP contribution >= 0.6 is 27.3 Å². The molecule has 1 heterocycles. The standard InChI is InChI=1S/C16H17BrFNOS/c1-9(2)14(11-4-6-12(18)7-5-11)19-16(20)13-8-10(3)15(17)21-13/h4-9,14H,1-3H3,(H,19,20). The molecule has 1 unspecified atom stereocenters. The van der Waals surface area contributed by atoms with Crippen molar-refractivity contribution in [3.63, 3.8) is 0 Å². The van der Waals surface area contributed by atoms with Crippen LogP contribution in [0.25, 0.3) is 0 Å². The minimum absolute atomic E-state index is 0.100. The van der Waals surface area contributed by atoms with Crippen molar-refractivity contribution < 1.29 is 9.18 Å². The first-order valence-corrected chi connectivity index (χ1v) is 8.31. The summed E-state index contributed by atoms with van der Waals surface area (Å²) >= 11 is 4.85. The molecule has 0 bridgehead atoms. The van der Waals surface area contributed by atoms with Gasteiger partial charge in [-0.2, -0.15) is 0 Å². The van der Waals surface area contributed by atoms with E-state index in [-0.39, 0.29) is 23.7 Å². The monoisotopic (exact) mass is 369 g/mol. The van der Waals surface area contributed by atoms with Gasteiger partial charge >= 0.3 is 0 Å². The summed E-state index contributed by atoms with van der Waals surface area (Å²) in [6.07, 6.45) is 0. The summed E-state index contributed by atoms with van der Waals surface area (Å²) in [6, 6.07) is 8.00. The summed E-state index contributed by atoms with van der Waals surface area (Å²) < 4.78 is 14.0. The smallest absolute Gasteiger partial charge is 0.261 e. The van der Waals surface area contributed by atoms with Crippen molar-refractivity contribution in [1.82, 2.24) is 5.32 Å². The maximum Gasteiger partial charge on any atom is 0.261 e. The van der Waals surface area contributed by atoms with Crippen molar-refractivity contribution in [3.05, 3.63) is 55.9 Å². The van der Waals surface area contributed by atoms with E-state index < -0.39 is 0 Å². The third kappa shape index (κ3) is 3.92. The Morgan fingerprint density at radius 3 is 2.38 bits per heavy atom. The van der Waals surface area contributed by atoms with Gasteiger partial charge in [0.1, 0.15) is 5.82 Å². The molecule has 1 aromatic carbocycles. The number of aryl methyl sites for hydroxylation is 1. The lowest BCUT2D eigenvalue weighted by atomic mass is 9.96. The van der Waals surface area contributed by atoms with Crippen LogP contribution in [0.5, 0.6) is 0 Å². The van der Waals surface area contributed by atoms with Gasteiger partial charge in [0.05, 0.1) is 14.7 Å². The summed E-state index contributed by atoms with van der Waals surface area (Å²) in [5, 5.41) is 3.04. The number of hydrogen-bond donors (Lipinski definition) is 1. The largest absolute Gasteiger partial charge is 0.344 e. The number of nitrogens with one attached hydrogen (secondary N) is 1. The molecule has 0 fully saturated rings. The predicted molar refractivity (Wildman–Crippen MR) is 88.2 cm³/mol. The molecule has 0 aliphatic rings. The topological polar surface area (TPSA) is 29.1 Å².